The molecule has 3 amide bonds. The molecule has 0 radical (unpaired) electrons. The van der Waals surface area contributed by atoms with Crippen molar-refractivity contribution < 1.29 is 18.8 Å². The van der Waals surface area contributed by atoms with E-state index in [0.29, 0.717) is 10.6 Å². The van der Waals surface area contributed by atoms with Crippen molar-refractivity contribution in [3.63, 3.8) is 0 Å². The summed E-state index contributed by atoms with van der Waals surface area (Å²) in [6.07, 6.45) is 0. The first-order valence-electron chi connectivity index (χ1n) is 7.31. The maximum Gasteiger partial charge on any atom is 0.288 e. The van der Waals surface area contributed by atoms with Crippen LogP contribution < -0.4 is 16.4 Å². The summed E-state index contributed by atoms with van der Waals surface area (Å²) in [6, 6.07) is 10.8. The minimum Gasteiger partial charge on any atom is -0.320 e. The number of imide groups is 1. The van der Waals surface area contributed by atoms with Gasteiger partial charge in [0.2, 0.25) is 5.91 Å². The molecule has 2 aromatic rings. The van der Waals surface area contributed by atoms with Gasteiger partial charge < -0.3 is 11.1 Å². The van der Waals surface area contributed by atoms with Gasteiger partial charge in [0.25, 0.3) is 11.1 Å². The van der Waals surface area contributed by atoms with Crippen LogP contribution in [0, 0.1) is 5.82 Å². The van der Waals surface area contributed by atoms with Crippen molar-refractivity contribution in [3.8, 4) is 0 Å². The number of thioether (sulfide) groups is 1. The number of benzene rings is 2. The molecule has 0 fully saturated rings. The fourth-order valence-corrected chi connectivity index (χ4v) is 2.60. The number of hydrogen-bond donors (Lipinski definition) is 3. The standard InChI is InChI=1S/C17H16FN3O3S/c1-10(19)15(22)21-16(23)13-4-2-3-5-14(13)25-17(24)20-12-8-6-11(18)7-9-12/h2-10H,19H2,1H3,(H,20,24)(H,21,22,23)/t10-/m1/s1. The van der Waals surface area contributed by atoms with Crippen LogP contribution in [-0.4, -0.2) is 23.1 Å². The van der Waals surface area contributed by atoms with E-state index in [1.807, 2.05) is 0 Å². The van der Waals surface area contributed by atoms with Crippen molar-refractivity contribution in [2.75, 3.05) is 5.32 Å². The Bertz CT molecular complexity index is 794. The number of carbonyl (C=O) groups is 3. The molecule has 0 aliphatic heterocycles. The molecule has 8 heteroatoms. The Balaban J connectivity index is 2.09. The molecule has 0 heterocycles. The molecule has 0 saturated heterocycles. The zero-order valence-electron chi connectivity index (χ0n) is 13.3. The maximum absolute atomic E-state index is 12.9. The lowest BCUT2D eigenvalue weighted by Gasteiger charge is -2.10. The van der Waals surface area contributed by atoms with E-state index in [0.717, 1.165) is 11.8 Å². The minimum atomic E-state index is -0.828. The average Bonchev–Trinajstić information content (AvgIpc) is 2.57. The molecule has 1 atom stereocenters. The normalized spacial score (nSPS) is 11.5. The molecule has 2 aromatic carbocycles. The molecular formula is C17H16FN3O3S. The number of rotatable bonds is 4. The Morgan fingerprint density at radius 1 is 1.08 bits per heavy atom. The molecule has 2 rings (SSSR count). The summed E-state index contributed by atoms with van der Waals surface area (Å²) < 4.78 is 12.9. The summed E-state index contributed by atoms with van der Waals surface area (Å²) in [6.45, 7) is 1.46. The molecule has 0 saturated carbocycles. The lowest BCUT2D eigenvalue weighted by molar-refractivity contribution is -0.121. The summed E-state index contributed by atoms with van der Waals surface area (Å²) in [5, 5.41) is 4.30. The molecule has 6 nitrogen and oxygen atoms in total. The first kappa shape index (κ1) is 18.6. The Labute approximate surface area is 148 Å². The predicted molar refractivity (Wildman–Crippen MR) is 93.8 cm³/mol. The summed E-state index contributed by atoms with van der Waals surface area (Å²) in [5.74, 6) is -1.66. The van der Waals surface area contributed by atoms with Crippen LogP contribution in [0.1, 0.15) is 17.3 Å². The third-order valence-electron chi connectivity index (χ3n) is 3.08. The Hall–Kier alpha value is -2.71. The number of carbonyl (C=O) groups excluding carboxylic acids is 3. The first-order chi connectivity index (χ1) is 11.9. The van der Waals surface area contributed by atoms with E-state index in [1.165, 1.54) is 37.3 Å². The Morgan fingerprint density at radius 2 is 1.72 bits per heavy atom. The van der Waals surface area contributed by atoms with Gasteiger partial charge in [-0.2, -0.15) is 0 Å². The third kappa shape index (κ3) is 5.40. The van der Waals surface area contributed by atoms with Gasteiger partial charge >= 0.3 is 0 Å². The second-order valence-electron chi connectivity index (χ2n) is 5.12. The quantitative estimate of drug-likeness (QED) is 0.727. The van der Waals surface area contributed by atoms with Crippen molar-refractivity contribution in [3.05, 3.63) is 59.9 Å². The van der Waals surface area contributed by atoms with E-state index in [9.17, 15) is 18.8 Å². The van der Waals surface area contributed by atoms with Gasteiger partial charge in [0.05, 0.1) is 11.6 Å². The van der Waals surface area contributed by atoms with Crippen LogP contribution in [0.4, 0.5) is 14.9 Å². The number of anilines is 1. The van der Waals surface area contributed by atoms with Gasteiger partial charge in [0.1, 0.15) is 5.82 Å². The van der Waals surface area contributed by atoms with E-state index in [4.69, 9.17) is 5.73 Å². The van der Waals surface area contributed by atoms with Crippen LogP contribution >= 0.6 is 11.8 Å². The minimum absolute atomic E-state index is 0.177. The molecular weight excluding hydrogens is 345 g/mol. The zero-order chi connectivity index (χ0) is 18.4. The first-order valence-corrected chi connectivity index (χ1v) is 8.12. The average molecular weight is 361 g/mol. The highest BCUT2D eigenvalue weighted by Crippen LogP contribution is 2.25. The summed E-state index contributed by atoms with van der Waals surface area (Å²) in [5.41, 5.74) is 6.02. The fraction of sp³-hybridized carbons (Fsp3) is 0.118. The number of amides is 3. The van der Waals surface area contributed by atoms with Crippen molar-refractivity contribution in [2.45, 2.75) is 17.9 Å². The highest BCUT2D eigenvalue weighted by atomic mass is 32.2. The van der Waals surface area contributed by atoms with Gasteiger partial charge in [0, 0.05) is 10.6 Å². The van der Waals surface area contributed by atoms with Gasteiger partial charge in [0.15, 0.2) is 0 Å². The molecule has 0 aliphatic rings. The maximum atomic E-state index is 12.9. The second kappa shape index (κ2) is 8.41. The molecule has 0 aliphatic carbocycles. The van der Waals surface area contributed by atoms with Crippen molar-refractivity contribution in [2.24, 2.45) is 5.73 Å². The van der Waals surface area contributed by atoms with Crippen LogP contribution in [0.15, 0.2) is 53.4 Å². The van der Waals surface area contributed by atoms with Crippen molar-refractivity contribution >= 4 is 34.5 Å². The number of halogens is 1. The monoisotopic (exact) mass is 361 g/mol. The van der Waals surface area contributed by atoms with Gasteiger partial charge in [-0.3, -0.25) is 19.7 Å². The lowest BCUT2D eigenvalue weighted by atomic mass is 10.2. The lowest BCUT2D eigenvalue weighted by Crippen LogP contribution is -2.41. The topological polar surface area (TPSA) is 101 Å². The molecule has 0 unspecified atom stereocenters. The number of hydrogen-bond acceptors (Lipinski definition) is 5. The number of nitrogens with two attached hydrogens (primary N) is 1. The molecule has 4 N–H and O–H groups in total. The molecule has 0 bridgehead atoms. The van der Waals surface area contributed by atoms with Crippen LogP contribution in [-0.2, 0) is 4.79 Å². The van der Waals surface area contributed by atoms with Crippen LogP contribution in [0.5, 0.6) is 0 Å². The molecule has 0 spiro atoms. The van der Waals surface area contributed by atoms with Crippen LogP contribution in [0.25, 0.3) is 0 Å². The van der Waals surface area contributed by atoms with E-state index in [2.05, 4.69) is 10.6 Å². The molecule has 0 aromatic heterocycles. The summed E-state index contributed by atoms with van der Waals surface area (Å²) in [7, 11) is 0. The Kier molecular flexibility index (Phi) is 6.26. The van der Waals surface area contributed by atoms with E-state index >= 15 is 0 Å². The van der Waals surface area contributed by atoms with Gasteiger partial charge in [-0.15, -0.1) is 0 Å². The van der Waals surface area contributed by atoms with Gasteiger partial charge in [-0.25, -0.2) is 4.39 Å². The largest absolute Gasteiger partial charge is 0.320 e. The highest BCUT2D eigenvalue weighted by molar-refractivity contribution is 8.14. The fourth-order valence-electron chi connectivity index (χ4n) is 1.81. The van der Waals surface area contributed by atoms with Gasteiger partial charge in [-0.1, -0.05) is 12.1 Å². The summed E-state index contributed by atoms with van der Waals surface area (Å²) >= 11 is 0.786. The van der Waals surface area contributed by atoms with Crippen molar-refractivity contribution in [1.82, 2.24) is 5.32 Å². The third-order valence-corrected chi connectivity index (χ3v) is 3.94. The van der Waals surface area contributed by atoms with Crippen LogP contribution in [0.2, 0.25) is 0 Å². The Morgan fingerprint density at radius 3 is 2.36 bits per heavy atom. The number of nitrogens with one attached hydrogen (secondary N) is 2. The zero-order valence-corrected chi connectivity index (χ0v) is 14.1. The van der Waals surface area contributed by atoms with E-state index in [1.54, 1.807) is 18.2 Å². The molecule has 130 valence electrons. The second-order valence-corrected chi connectivity index (χ2v) is 6.14. The summed E-state index contributed by atoms with van der Waals surface area (Å²) in [4.78, 5) is 36.2. The predicted octanol–water partition coefficient (Wildman–Crippen LogP) is 2.75. The van der Waals surface area contributed by atoms with E-state index < -0.39 is 28.9 Å². The molecule has 25 heavy (non-hydrogen) atoms. The van der Waals surface area contributed by atoms with Gasteiger partial charge in [-0.05, 0) is 55.1 Å². The smallest absolute Gasteiger partial charge is 0.288 e. The SMILES string of the molecule is C[C@@H](N)C(=O)NC(=O)c1ccccc1SC(=O)Nc1ccc(F)cc1. The van der Waals surface area contributed by atoms with E-state index in [-0.39, 0.29) is 5.56 Å². The van der Waals surface area contributed by atoms with Crippen LogP contribution in [0.3, 0.4) is 0 Å². The van der Waals surface area contributed by atoms with Crippen molar-refractivity contribution in [1.29, 1.82) is 0 Å². The highest BCUT2D eigenvalue weighted by Gasteiger charge is 2.18.